The molecule has 1 aliphatic rings. The lowest BCUT2D eigenvalue weighted by Crippen LogP contribution is -2.24. The summed E-state index contributed by atoms with van der Waals surface area (Å²) >= 11 is 0. The number of hydrogen-bond acceptors (Lipinski definition) is 3. The van der Waals surface area contributed by atoms with Gasteiger partial charge in [0.05, 0.1) is 6.61 Å². The van der Waals surface area contributed by atoms with Crippen molar-refractivity contribution in [3.05, 3.63) is 46.6 Å². The van der Waals surface area contributed by atoms with E-state index in [0.717, 1.165) is 43.3 Å². The van der Waals surface area contributed by atoms with E-state index in [4.69, 9.17) is 9.84 Å². The van der Waals surface area contributed by atoms with Gasteiger partial charge in [0.25, 0.3) is 0 Å². The van der Waals surface area contributed by atoms with Crippen LogP contribution in [0.5, 0.6) is 0 Å². The number of cyclic esters (lactones) is 1. The third-order valence-electron chi connectivity index (χ3n) is 4.01. The molecule has 0 fully saturated rings. The molecule has 23 heavy (non-hydrogen) atoms. The highest BCUT2D eigenvalue weighted by Gasteiger charge is 2.23. The number of ether oxygens (including phenoxy) is 1. The topological polar surface area (TPSA) is 46.5 Å². The third kappa shape index (κ3) is 7.47. The summed E-state index contributed by atoms with van der Waals surface area (Å²) in [6.07, 6.45) is 12.2. The number of aliphatic hydroxyl groups excluding tert-OH is 1. The summed E-state index contributed by atoms with van der Waals surface area (Å²) in [5.74, 6) is -0.174. The summed E-state index contributed by atoms with van der Waals surface area (Å²) in [6.45, 7) is 8.26. The lowest BCUT2D eigenvalue weighted by Gasteiger charge is -2.23. The largest absolute Gasteiger partial charge is 0.454 e. The molecule has 0 spiro atoms. The summed E-state index contributed by atoms with van der Waals surface area (Å²) in [5, 5.41) is 8.84. The predicted molar refractivity (Wildman–Crippen MR) is 95.1 cm³/mol. The van der Waals surface area contributed by atoms with E-state index in [9.17, 15) is 4.79 Å². The molecule has 0 saturated carbocycles. The minimum Gasteiger partial charge on any atom is -0.454 e. The van der Waals surface area contributed by atoms with E-state index in [1.165, 1.54) is 11.1 Å². The second-order valence-electron chi connectivity index (χ2n) is 6.40. The van der Waals surface area contributed by atoms with Crippen molar-refractivity contribution >= 4 is 5.97 Å². The first-order chi connectivity index (χ1) is 10.9. The van der Waals surface area contributed by atoms with Crippen molar-refractivity contribution in [2.24, 2.45) is 0 Å². The minimum absolute atomic E-state index is 0.0923. The van der Waals surface area contributed by atoms with Crippen molar-refractivity contribution in [2.45, 2.75) is 65.9 Å². The number of carbonyl (C=O) groups is 1. The molecule has 0 bridgehead atoms. The molecular formula is C20H30O3. The highest BCUT2D eigenvalue weighted by atomic mass is 16.5. The number of rotatable bonds is 8. The molecular weight excluding hydrogens is 288 g/mol. The maximum absolute atomic E-state index is 12.1. The number of hydrogen-bond donors (Lipinski definition) is 1. The Morgan fingerprint density at radius 3 is 2.57 bits per heavy atom. The zero-order valence-electron chi connectivity index (χ0n) is 14.9. The minimum atomic E-state index is -0.174. The van der Waals surface area contributed by atoms with Gasteiger partial charge in [0.15, 0.2) is 0 Å². The smallest absolute Gasteiger partial charge is 0.334 e. The summed E-state index contributed by atoms with van der Waals surface area (Å²) in [5.41, 5.74) is 4.36. The first-order valence-corrected chi connectivity index (χ1v) is 8.40. The lowest BCUT2D eigenvalue weighted by molar-refractivity contribution is -0.143. The average molecular weight is 318 g/mol. The SMILES string of the molecule is CC(C)=CCCC1=CCC(C(C)=CCCC(C)=CCO)OC1=O. The summed E-state index contributed by atoms with van der Waals surface area (Å²) in [7, 11) is 0. The van der Waals surface area contributed by atoms with Crippen molar-refractivity contribution in [1.82, 2.24) is 0 Å². The Balaban J connectivity index is 2.51. The van der Waals surface area contributed by atoms with Crippen LogP contribution < -0.4 is 0 Å². The highest BCUT2D eigenvalue weighted by molar-refractivity contribution is 5.89. The van der Waals surface area contributed by atoms with Crippen molar-refractivity contribution in [3.8, 4) is 0 Å². The highest BCUT2D eigenvalue weighted by Crippen LogP contribution is 2.23. The third-order valence-corrected chi connectivity index (χ3v) is 4.01. The van der Waals surface area contributed by atoms with Gasteiger partial charge >= 0.3 is 5.97 Å². The first kappa shape index (κ1) is 19.4. The Labute approximate surface area is 140 Å². The van der Waals surface area contributed by atoms with Gasteiger partial charge in [-0.05, 0) is 59.0 Å². The van der Waals surface area contributed by atoms with Crippen LogP contribution in [-0.2, 0) is 9.53 Å². The molecule has 3 nitrogen and oxygen atoms in total. The molecule has 0 aliphatic carbocycles. The molecule has 128 valence electrons. The van der Waals surface area contributed by atoms with Crippen LogP contribution in [0.3, 0.4) is 0 Å². The van der Waals surface area contributed by atoms with Crippen LogP contribution in [0.25, 0.3) is 0 Å². The van der Waals surface area contributed by atoms with Crippen LogP contribution >= 0.6 is 0 Å². The maximum atomic E-state index is 12.1. The van der Waals surface area contributed by atoms with Gasteiger partial charge in [-0.15, -0.1) is 0 Å². The molecule has 0 saturated heterocycles. The summed E-state index contributed by atoms with van der Waals surface area (Å²) < 4.78 is 5.57. The quantitative estimate of drug-likeness (QED) is 0.524. The Morgan fingerprint density at radius 2 is 1.96 bits per heavy atom. The van der Waals surface area contributed by atoms with Gasteiger partial charge < -0.3 is 9.84 Å². The molecule has 0 amide bonds. The molecule has 1 aliphatic heterocycles. The molecule has 0 aromatic carbocycles. The van der Waals surface area contributed by atoms with E-state index in [1.807, 2.05) is 26.0 Å². The van der Waals surface area contributed by atoms with Crippen molar-refractivity contribution in [3.63, 3.8) is 0 Å². The molecule has 1 unspecified atom stereocenters. The van der Waals surface area contributed by atoms with Crippen molar-refractivity contribution < 1.29 is 14.6 Å². The Hall–Kier alpha value is -1.61. The standard InChI is InChI=1S/C20H30O3/c1-15(2)7-5-10-18-11-12-19(23-20(18)22)17(4)9-6-8-16(3)13-14-21/h7,9,11,13,19,21H,5-6,8,10,12,14H2,1-4H3. The van der Waals surface area contributed by atoms with E-state index in [-0.39, 0.29) is 18.7 Å². The summed E-state index contributed by atoms with van der Waals surface area (Å²) in [4.78, 5) is 12.1. The van der Waals surface area contributed by atoms with Gasteiger partial charge in [-0.3, -0.25) is 0 Å². The molecule has 1 atom stereocenters. The van der Waals surface area contributed by atoms with Crippen molar-refractivity contribution in [1.29, 1.82) is 0 Å². The van der Waals surface area contributed by atoms with Gasteiger partial charge in [0.2, 0.25) is 0 Å². The zero-order chi connectivity index (χ0) is 17.2. The van der Waals surface area contributed by atoms with Crippen LogP contribution in [0.2, 0.25) is 0 Å². The van der Waals surface area contributed by atoms with E-state index in [0.29, 0.717) is 0 Å². The van der Waals surface area contributed by atoms with E-state index in [1.54, 1.807) is 0 Å². The number of aliphatic hydroxyl groups is 1. The Kier molecular flexibility index (Phi) is 8.64. The van der Waals surface area contributed by atoms with Crippen molar-refractivity contribution in [2.75, 3.05) is 6.61 Å². The van der Waals surface area contributed by atoms with Crippen LogP contribution in [0, 0.1) is 0 Å². The van der Waals surface area contributed by atoms with Gasteiger partial charge in [-0.25, -0.2) is 4.79 Å². The maximum Gasteiger partial charge on any atom is 0.334 e. The van der Waals surface area contributed by atoms with Crippen LogP contribution in [0.1, 0.15) is 59.8 Å². The Morgan fingerprint density at radius 1 is 1.22 bits per heavy atom. The molecule has 0 aromatic rings. The van der Waals surface area contributed by atoms with Gasteiger partial charge in [0.1, 0.15) is 6.10 Å². The molecule has 0 radical (unpaired) electrons. The summed E-state index contributed by atoms with van der Waals surface area (Å²) in [6, 6.07) is 0. The number of carbonyl (C=O) groups excluding carboxylic acids is 1. The van der Waals surface area contributed by atoms with Gasteiger partial charge in [0, 0.05) is 12.0 Å². The Bertz CT molecular complexity index is 517. The fourth-order valence-electron chi connectivity index (χ4n) is 2.50. The van der Waals surface area contributed by atoms with Gasteiger partial charge in [-0.1, -0.05) is 35.5 Å². The van der Waals surface area contributed by atoms with E-state index >= 15 is 0 Å². The van der Waals surface area contributed by atoms with E-state index < -0.39 is 0 Å². The second-order valence-corrected chi connectivity index (χ2v) is 6.40. The molecule has 1 N–H and O–H groups in total. The first-order valence-electron chi connectivity index (χ1n) is 8.40. The zero-order valence-corrected chi connectivity index (χ0v) is 14.9. The molecule has 1 heterocycles. The monoisotopic (exact) mass is 318 g/mol. The predicted octanol–water partition coefficient (Wildman–Crippen LogP) is 4.64. The number of esters is 1. The van der Waals surface area contributed by atoms with Crippen LogP contribution in [0.15, 0.2) is 46.6 Å². The second kappa shape index (κ2) is 10.2. The molecule has 1 rings (SSSR count). The average Bonchev–Trinajstić information content (AvgIpc) is 2.48. The van der Waals surface area contributed by atoms with Gasteiger partial charge in [-0.2, -0.15) is 0 Å². The number of allylic oxidation sites excluding steroid dienone is 4. The van der Waals surface area contributed by atoms with Crippen LogP contribution in [-0.4, -0.2) is 23.8 Å². The fourth-order valence-corrected chi connectivity index (χ4v) is 2.50. The lowest BCUT2D eigenvalue weighted by atomic mass is 9.99. The molecule has 3 heteroatoms. The van der Waals surface area contributed by atoms with E-state index in [2.05, 4.69) is 26.0 Å². The normalized spacial score (nSPS) is 19.3. The molecule has 0 aromatic heterocycles. The fraction of sp³-hybridized carbons (Fsp3) is 0.550. The van der Waals surface area contributed by atoms with Crippen LogP contribution in [0.4, 0.5) is 0 Å².